The smallest absolute Gasteiger partial charge is 0.433 e. The summed E-state index contributed by atoms with van der Waals surface area (Å²) in [5.74, 6) is -0.845. The third kappa shape index (κ3) is 5.39. The molecule has 2 aliphatic rings. The number of ether oxygens (including phenoxy) is 1. The predicted molar refractivity (Wildman–Crippen MR) is 115 cm³/mol. The van der Waals surface area contributed by atoms with Crippen molar-refractivity contribution >= 4 is 17.2 Å². The summed E-state index contributed by atoms with van der Waals surface area (Å²) in [6.07, 6.45) is -4.27. The van der Waals surface area contributed by atoms with Gasteiger partial charge in [0.1, 0.15) is 17.1 Å². The van der Waals surface area contributed by atoms with Crippen LogP contribution in [0.2, 0.25) is 0 Å². The zero-order valence-corrected chi connectivity index (χ0v) is 18.3. The lowest BCUT2D eigenvalue weighted by Crippen LogP contribution is -2.30. The van der Waals surface area contributed by atoms with Crippen LogP contribution < -0.4 is 20.6 Å². The standard InChI is InChI=1S/C24H19F6N3O2/c1-35-18-10-9-15-20(14-8-7-13(12-17(14)31-15)4-3-11-23(25,26)27)21(18)33-22(34)16-5-2-6-19(32-16)24(28,29)30/h2,5-10,12-13H,3-4,11H2,1H3,(H,33,34). The maximum absolute atomic E-state index is 13.0. The van der Waals surface area contributed by atoms with Crippen LogP contribution in [0.15, 0.2) is 59.2 Å². The zero-order valence-electron chi connectivity index (χ0n) is 18.3. The molecule has 1 aromatic carbocycles. The van der Waals surface area contributed by atoms with Gasteiger partial charge in [0, 0.05) is 17.2 Å². The molecular weight excluding hydrogens is 476 g/mol. The number of halogens is 6. The van der Waals surface area contributed by atoms with E-state index >= 15 is 0 Å². The largest absolute Gasteiger partial charge is 0.495 e. The molecule has 184 valence electrons. The Kier molecular flexibility index (Phi) is 6.44. The predicted octanol–water partition coefficient (Wildman–Crippen LogP) is 4.95. The van der Waals surface area contributed by atoms with E-state index in [1.54, 1.807) is 30.4 Å². The Balaban J connectivity index is 1.66. The van der Waals surface area contributed by atoms with Crippen molar-refractivity contribution in [2.75, 3.05) is 12.4 Å². The van der Waals surface area contributed by atoms with Gasteiger partial charge in [0.05, 0.1) is 23.9 Å². The molecule has 1 aliphatic heterocycles. The van der Waals surface area contributed by atoms with Gasteiger partial charge in [-0.05, 0) is 43.0 Å². The molecule has 0 saturated carbocycles. The molecule has 2 aromatic rings. The van der Waals surface area contributed by atoms with Crippen LogP contribution in [0.4, 0.5) is 32.0 Å². The lowest BCUT2D eigenvalue weighted by atomic mass is 9.92. The minimum Gasteiger partial charge on any atom is -0.495 e. The molecule has 1 N–H and O–H groups in total. The average Bonchev–Trinajstić information content (AvgIpc) is 3.16. The van der Waals surface area contributed by atoms with Crippen molar-refractivity contribution in [1.82, 2.24) is 4.98 Å². The molecule has 4 rings (SSSR count). The van der Waals surface area contributed by atoms with Crippen molar-refractivity contribution in [1.29, 1.82) is 0 Å². The first-order valence-electron chi connectivity index (χ1n) is 10.6. The number of carbonyl (C=O) groups excluding carboxylic acids is 1. The summed E-state index contributed by atoms with van der Waals surface area (Å²) in [4.78, 5) is 20.7. The maximum Gasteiger partial charge on any atom is 0.433 e. The molecule has 5 nitrogen and oxygen atoms in total. The molecule has 0 spiro atoms. The van der Waals surface area contributed by atoms with Crippen molar-refractivity contribution in [3.8, 4) is 5.75 Å². The highest BCUT2D eigenvalue weighted by molar-refractivity contribution is 6.04. The Hall–Kier alpha value is -3.63. The Labute approximate surface area is 195 Å². The summed E-state index contributed by atoms with van der Waals surface area (Å²) in [5, 5.41) is 3.58. The van der Waals surface area contributed by atoms with E-state index in [-0.39, 0.29) is 23.8 Å². The Morgan fingerprint density at radius 1 is 1.11 bits per heavy atom. The summed E-state index contributed by atoms with van der Waals surface area (Å²) < 4.78 is 81.8. The van der Waals surface area contributed by atoms with Crippen molar-refractivity contribution < 1.29 is 35.9 Å². The number of rotatable bonds is 6. The monoisotopic (exact) mass is 495 g/mol. The second-order valence-electron chi connectivity index (χ2n) is 8.00. The number of carbonyl (C=O) groups is 1. The van der Waals surface area contributed by atoms with Crippen LogP contribution in [-0.4, -0.2) is 24.2 Å². The van der Waals surface area contributed by atoms with E-state index < -0.39 is 36.1 Å². The molecule has 1 amide bonds. The number of anilines is 1. The number of pyridine rings is 1. The number of nitrogens with zero attached hydrogens (tertiary/aromatic N) is 2. The van der Waals surface area contributed by atoms with Gasteiger partial charge < -0.3 is 10.1 Å². The van der Waals surface area contributed by atoms with Gasteiger partial charge in [0.25, 0.3) is 5.91 Å². The van der Waals surface area contributed by atoms with Gasteiger partial charge in [-0.25, -0.2) is 9.98 Å². The Bertz CT molecular complexity index is 1340. The zero-order chi connectivity index (χ0) is 25.4. The van der Waals surface area contributed by atoms with Crippen molar-refractivity contribution in [3.05, 3.63) is 76.2 Å². The van der Waals surface area contributed by atoms with Crippen LogP contribution in [-0.2, 0) is 6.18 Å². The summed E-state index contributed by atoms with van der Waals surface area (Å²) in [6, 6.07) is 6.23. The molecule has 1 aromatic heterocycles. The minimum absolute atomic E-state index is 0.0241. The molecule has 1 atom stereocenters. The topological polar surface area (TPSA) is 63.6 Å². The third-order valence-corrected chi connectivity index (χ3v) is 5.54. The molecular formula is C24H19F6N3O2. The molecule has 1 unspecified atom stereocenters. The second kappa shape index (κ2) is 9.20. The summed E-state index contributed by atoms with van der Waals surface area (Å²) >= 11 is 0. The Morgan fingerprint density at radius 3 is 2.57 bits per heavy atom. The number of hydrogen-bond donors (Lipinski definition) is 1. The van der Waals surface area contributed by atoms with E-state index in [1.165, 1.54) is 7.11 Å². The molecule has 0 bridgehead atoms. The third-order valence-electron chi connectivity index (χ3n) is 5.54. The van der Waals surface area contributed by atoms with E-state index in [1.807, 2.05) is 0 Å². The number of benzene rings is 1. The van der Waals surface area contributed by atoms with Crippen LogP contribution >= 0.6 is 0 Å². The summed E-state index contributed by atoms with van der Waals surface area (Å²) in [6.45, 7) is 0. The van der Waals surface area contributed by atoms with E-state index in [2.05, 4.69) is 15.3 Å². The second-order valence-corrected chi connectivity index (χ2v) is 8.00. The number of allylic oxidation sites excluding steroid dienone is 3. The van der Waals surface area contributed by atoms with Gasteiger partial charge in [0.15, 0.2) is 0 Å². The first kappa shape index (κ1) is 24.5. The lowest BCUT2D eigenvalue weighted by Gasteiger charge is -2.15. The Morgan fingerprint density at radius 2 is 1.89 bits per heavy atom. The number of hydrogen-bond acceptors (Lipinski definition) is 4. The number of methoxy groups -OCH3 is 1. The molecule has 2 heterocycles. The van der Waals surface area contributed by atoms with Crippen LogP contribution in [0, 0.1) is 5.92 Å². The average molecular weight is 495 g/mol. The van der Waals surface area contributed by atoms with E-state index in [4.69, 9.17) is 4.74 Å². The quantitative estimate of drug-likeness (QED) is 0.577. The molecule has 11 heteroatoms. The van der Waals surface area contributed by atoms with E-state index in [9.17, 15) is 31.1 Å². The highest BCUT2D eigenvalue weighted by Gasteiger charge is 2.33. The van der Waals surface area contributed by atoms with Crippen LogP contribution in [0.5, 0.6) is 5.75 Å². The highest BCUT2D eigenvalue weighted by atomic mass is 19.4. The first-order chi connectivity index (χ1) is 16.5. The fourth-order valence-electron chi connectivity index (χ4n) is 3.94. The van der Waals surface area contributed by atoms with Gasteiger partial charge in [-0.2, -0.15) is 26.3 Å². The van der Waals surface area contributed by atoms with E-state index in [0.29, 0.717) is 28.3 Å². The summed E-state index contributed by atoms with van der Waals surface area (Å²) in [5.41, 5.74) is -0.258. The fraction of sp³-hybridized carbons (Fsp3) is 0.292. The van der Waals surface area contributed by atoms with Crippen molar-refractivity contribution in [2.24, 2.45) is 10.9 Å². The van der Waals surface area contributed by atoms with E-state index in [0.717, 1.165) is 18.2 Å². The van der Waals surface area contributed by atoms with Gasteiger partial charge >= 0.3 is 12.4 Å². The number of alkyl halides is 6. The first-order valence-corrected chi connectivity index (χ1v) is 10.6. The van der Waals surface area contributed by atoms with Crippen molar-refractivity contribution in [2.45, 2.75) is 31.6 Å². The fourth-order valence-corrected chi connectivity index (χ4v) is 3.94. The number of fused-ring (bicyclic) bond motifs is 2. The summed E-state index contributed by atoms with van der Waals surface area (Å²) in [7, 11) is 1.38. The number of aromatic nitrogens is 1. The van der Waals surface area contributed by atoms with Gasteiger partial charge in [0.2, 0.25) is 0 Å². The normalized spacial score (nSPS) is 16.8. The number of amides is 1. The van der Waals surface area contributed by atoms with Gasteiger partial charge in [-0.3, -0.25) is 4.79 Å². The lowest BCUT2D eigenvalue weighted by molar-refractivity contribution is -0.141. The van der Waals surface area contributed by atoms with Gasteiger partial charge in [-0.15, -0.1) is 0 Å². The minimum atomic E-state index is -4.71. The molecule has 1 aliphatic carbocycles. The van der Waals surface area contributed by atoms with Crippen LogP contribution in [0.25, 0.3) is 5.57 Å². The molecule has 0 radical (unpaired) electrons. The van der Waals surface area contributed by atoms with Crippen LogP contribution in [0.3, 0.4) is 0 Å². The van der Waals surface area contributed by atoms with Crippen molar-refractivity contribution in [3.63, 3.8) is 0 Å². The molecule has 35 heavy (non-hydrogen) atoms. The molecule has 0 fully saturated rings. The van der Waals surface area contributed by atoms with Gasteiger partial charge in [-0.1, -0.05) is 24.3 Å². The maximum atomic E-state index is 13.0. The number of nitrogens with one attached hydrogen (secondary N) is 1. The van der Waals surface area contributed by atoms with Crippen LogP contribution in [0.1, 0.15) is 35.4 Å². The highest BCUT2D eigenvalue weighted by Crippen LogP contribution is 2.32. The molecule has 0 saturated heterocycles. The SMILES string of the molecule is COc1ccc2c(c1NC(=O)c1cccc(C(F)(F)F)n1)=C1C=CC(CCCC(F)(F)F)C=C1N=2.